The summed E-state index contributed by atoms with van der Waals surface area (Å²) in [7, 11) is 0. The Hall–Kier alpha value is -1.87. The van der Waals surface area contributed by atoms with Crippen molar-refractivity contribution in [3.05, 3.63) is 58.9 Å². The van der Waals surface area contributed by atoms with E-state index in [1.54, 1.807) is 6.20 Å². The van der Waals surface area contributed by atoms with Crippen LogP contribution < -0.4 is 10.5 Å². The molecular weight excluding hydrogens is 224 g/mol. The smallest absolute Gasteiger partial charge is 0.122 e. The molecule has 0 bridgehead atoms. The van der Waals surface area contributed by atoms with Gasteiger partial charge in [0.2, 0.25) is 0 Å². The first-order valence-corrected chi connectivity index (χ1v) is 6.17. The highest BCUT2D eigenvalue weighted by atomic mass is 16.5. The average Bonchev–Trinajstić information content (AvgIpc) is 2.85. The predicted octanol–water partition coefficient (Wildman–Crippen LogP) is 2.37. The molecule has 1 aliphatic heterocycles. The van der Waals surface area contributed by atoms with Gasteiger partial charge in [-0.25, -0.2) is 0 Å². The van der Waals surface area contributed by atoms with Crippen LogP contribution in [0.3, 0.4) is 0 Å². The van der Waals surface area contributed by atoms with Crippen molar-refractivity contribution in [2.45, 2.75) is 19.4 Å². The van der Waals surface area contributed by atoms with E-state index >= 15 is 0 Å². The number of aromatic nitrogens is 1. The zero-order chi connectivity index (χ0) is 12.5. The molecular formula is C15H16N2O. The van der Waals surface area contributed by atoms with E-state index in [2.05, 4.69) is 17.1 Å². The molecule has 0 saturated carbocycles. The average molecular weight is 240 g/mol. The first kappa shape index (κ1) is 11.2. The van der Waals surface area contributed by atoms with Gasteiger partial charge in [0.05, 0.1) is 12.6 Å². The van der Waals surface area contributed by atoms with Crippen LogP contribution in [0.4, 0.5) is 0 Å². The molecule has 3 nitrogen and oxygen atoms in total. The number of benzene rings is 1. The lowest BCUT2D eigenvalue weighted by Gasteiger charge is -2.15. The maximum absolute atomic E-state index is 6.34. The molecule has 0 fully saturated rings. The fourth-order valence-electron chi connectivity index (χ4n) is 2.41. The Morgan fingerprint density at radius 2 is 2.22 bits per heavy atom. The summed E-state index contributed by atoms with van der Waals surface area (Å²) in [5.41, 5.74) is 11.0. The van der Waals surface area contributed by atoms with Crippen molar-refractivity contribution in [3.63, 3.8) is 0 Å². The van der Waals surface area contributed by atoms with Crippen LogP contribution in [-0.4, -0.2) is 11.6 Å². The van der Waals surface area contributed by atoms with Crippen LogP contribution in [-0.2, 0) is 6.42 Å². The fraction of sp³-hybridized carbons (Fsp3) is 0.267. The van der Waals surface area contributed by atoms with E-state index in [0.717, 1.165) is 35.5 Å². The van der Waals surface area contributed by atoms with Crippen LogP contribution in [0, 0.1) is 6.92 Å². The van der Waals surface area contributed by atoms with Gasteiger partial charge in [-0.05, 0) is 41.3 Å². The Kier molecular flexibility index (Phi) is 2.76. The molecule has 18 heavy (non-hydrogen) atoms. The first-order chi connectivity index (χ1) is 8.75. The second-order valence-electron chi connectivity index (χ2n) is 4.68. The number of aryl methyl sites for hydroxylation is 1. The summed E-state index contributed by atoms with van der Waals surface area (Å²) in [5.74, 6) is 0.998. The lowest BCUT2D eigenvalue weighted by Crippen LogP contribution is -2.13. The number of hydrogen-bond donors (Lipinski definition) is 1. The van der Waals surface area contributed by atoms with Crippen molar-refractivity contribution in [2.24, 2.45) is 5.73 Å². The quantitative estimate of drug-likeness (QED) is 0.876. The topological polar surface area (TPSA) is 48.1 Å². The van der Waals surface area contributed by atoms with E-state index in [0.29, 0.717) is 0 Å². The maximum Gasteiger partial charge on any atom is 0.122 e. The van der Waals surface area contributed by atoms with Crippen LogP contribution in [0.25, 0.3) is 0 Å². The minimum absolute atomic E-state index is 0.0982. The minimum atomic E-state index is -0.0982. The molecule has 2 aromatic rings. The highest BCUT2D eigenvalue weighted by Gasteiger charge is 2.16. The number of nitrogens with two attached hydrogens (primary N) is 1. The molecule has 1 aromatic carbocycles. The molecule has 1 aliphatic rings. The minimum Gasteiger partial charge on any atom is -0.493 e. The van der Waals surface area contributed by atoms with Gasteiger partial charge >= 0.3 is 0 Å². The van der Waals surface area contributed by atoms with Gasteiger partial charge in [-0.15, -0.1) is 0 Å². The van der Waals surface area contributed by atoms with Gasteiger partial charge in [0.15, 0.2) is 0 Å². The van der Waals surface area contributed by atoms with E-state index in [-0.39, 0.29) is 6.04 Å². The number of hydrogen-bond acceptors (Lipinski definition) is 3. The van der Waals surface area contributed by atoms with E-state index < -0.39 is 0 Å². The predicted molar refractivity (Wildman–Crippen MR) is 70.6 cm³/mol. The van der Waals surface area contributed by atoms with Crippen molar-refractivity contribution in [2.75, 3.05) is 6.61 Å². The molecule has 2 N–H and O–H groups in total. The number of fused-ring (bicyclic) bond motifs is 1. The molecule has 0 saturated heterocycles. The summed E-state index contributed by atoms with van der Waals surface area (Å²) < 4.78 is 5.51. The second-order valence-corrected chi connectivity index (χ2v) is 4.68. The van der Waals surface area contributed by atoms with Gasteiger partial charge in [-0.2, -0.15) is 0 Å². The van der Waals surface area contributed by atoms with E-state index in [4.69, 9.17) is 10.5 Å². The first-order valence-electron chi connectivity index (χ1n) is 6.17. The number of rotatable bonds is 2. The molecule has 1 unspecified atom stereocenters. The largest absolute Gasteiger partial charge is 0.493 e. The zero-order valence-electron chi connectivity index (χ0n) is 10.4. The zero-order valence-corrected chi connectivity index (χ0v) is 10.4. The van der Waals surface area contributed by atoms with Crippen molar-refractivity contribution in [3.8, 4) is 5.75 Å². The monoisotopic (exact) mass is 240 g/mol. The lowest BCUT2D eigenvalue weighted by atomic mass is 9.95. The Morgan fingerprint density at radius 3 is 3.06 bits per heavy atom. The SMILES string of the molecule is Cc1cnccc1C(N)c1ccc2c(c1)CCO2. The number of nitrogens with zero attached hydrogens (tertiary/aromatic N) is 1. The van der Waals surface area contributed by atoms with Crippen LogP contribution in [0.1, 0.15) is 28.3 Å². The van der Waals surface area contributed by atoms with Crippen LogP contribution in [0.2, 0.25) is 0 Å². The Balaban J connectivity index is 1.98. The highest BCUT2D eigenvalue weighted by Crippen LogP contribution is 2.30. The van der Waals surface area contributed by atoms with Gasteiger partial charge < -0.3 is 10.5 Å². The van der Waals surface area contributed by atoms with E-state index in [9.17, 15) is 0 Å². The summed E-state index contributed by atoms with van der Waals surface area (Å²) >= 11 is 0. The summed E-state index contributed by atoms with van der Waals surface area (Å²) in [6, 6.07) is 8.12. The summed E-state index contributed by atoms with van der Waals surface area (Å²) in [6.45, 7) is 2.82. The van der Waals surface area contributed by atoms with Crippen LogP contribution >= 0.6 is 0 Å². The second kappa shape index (κ2) is 4.42. The lowest BCUT2D eigenvalue weighted by molar-refractivity contribution is 0.357. The molecule has 3 heteroatoms. The van der Waals surface area contributed by atoms with Crippen molar-refractivity contribution < 1.29 is 4.74 Å². The molecule has 0 radical (unpaired) electrons. The van der Waals surface area contributed by atoms with Gasteiger partial charge in [0.25, 0.3) is 0 Å². The number of ether oxygens (including phenoxy) is 1. The Bertz CT molecular complexity index is 580. The Morgan fingerprint density at radius 1 is 1.33 bits per heavy atom. The standard InChI is InChI=1S/C15H16N2O/c1-10-9-17-6-4-13(10)15(16)12-2-3-14-11(8-12)5-7-18-14/h2-4,6,8-9,15H,5,7,16H2,1H3. The van der Waals surface area contributed by atoms with E-state index in [1.165, 1.54) is 5.56 Å². The highest BCUT2D eigenvalue weighted by molar-refractivity contribution is 5.43. The maximum atomic E-state index is 6.34. The summed E-state index contributed by atoms with van der Waals surface area (Å²) in [6.07, 6.45) is 4.62. The molecule has 0 aliphatic carbocycles. The molecule has 1 aromatic heterocycles. The third-order valence-electron chi connectivity index (χ3n) is 3.47. The molecule has 3 rings (SSSR count). The van der Waals surface area contributed by atoms with Crippen LogP contribution in [0.5, 0.6) is 5.75 Å². The van der Waals surface area contributed by atoms with E-state index in [1.807, 2.05) is 25.3 Å². The molecule has 1 atom stereocenters. The third kappa shape index (κ3) is 1.87. The molecule has 0 amide bonds. The summed E-state index contributed by atoms with van der Waals surface area (Å²) in [4.78, 5) is 4.10. The summed E-state index contributed by atoms with van der Waals surface area (Å²) in [5, 5.41) is 0. The van der Waals surface area contributed by atoms with Gasteiger partial charge in [-0.3, -0.25) is 4.98 Å². The third-order valence-corrected chi connectivity index (χ3v) is 3.47. The van der Waals surface area contributed by atoms with Gasteiger partial charge in [0, 0.05) is 18.8 Å². The normalized spacial score (nSPS) is 15.0. The molecule has 2 heterocycles. The molecule has 0 spiro atoms. The van der Waals surface area contributed by atoms with Crippen LogP contribution in [0.15, 0.2) is 36.7 Å². The fourth-order valence-corrected chi connectivity index (χ4v) is 2.41. The Labute approximate surface area is 107 Å². The van der Waals surface area contributed by atoms with Gasteiger partial charge in [-0.1, -0.05) is 12.1 Å². The van der Waals surface area contributed by atoms with Gasteiger partial charge in [0.1, 0.15) is 5.75 Å². The van der Waals surface area contributed by atoms with Crippen molar-refractivity contribution in [1.29, 1.82) is 0 Å². The van der Waals surface area contributed by atoms with Crippen molar-refractivity contribution in [1.82, 2.24) is 4.98 Å². The molecule has 92 valence electrons. The van der Waals surface area contributed by atoms with Crippen molar-refractivity contribution >= 4 is 0 Å². The number of pyridine rings is 1.